The maximum atomic E-state index is 10.5. The zero-order valence-corrected chi connectivity index (χ0v) is 9.82. The van der Waals surface area contributed by atoms with Crippen molar-refractivity contribution in [2.45, 2.75) is 24.0 Å². The van der Waals surface area contributed by atoms with Crippen LogP contribution in [0.2, 0.25) is 0 Å². The van der Waals surface area contributed by atoms with Crippen LogP contribution in [0.3, 0.4) is 0 Å². The molecule has 18 heavy (non-hydrogen) atoms. The van der Waals surface area contributed by atoms with Crippen LogP contribution < -0.4 is 0 Å². The van der Waals surface area contributed by atoms with E-state index in [4.69, 9.17) is 0 Å². The topological polar surface area (TPSA) is 40.5 Å². The van der Waals surface area contributed by atoms with Gasteiger partial charge in [-0.25, -0.2) is 0 Å². The Hall–Kier alpha value is -1.64. The van der Waals surface area contributed by atoms with E-state index < -0.39 is 12.2 Å². The summed E-state index contributed by atoms with van der Waals surface area (Å²) in [5.74, 6) is 0.0159. The summed E-state index contributed by atoms with van der Waals surface area (Å²) in [6, 6.07) is 15.8. The molecule has 2 aromatic carbocycles. The second-order valence-electron chi connectivity index (χ2n) is 5.20. The average Bonchev–Trinajstić information content (AvgIpc) is 2.87. The largest absolute Gasteiger partial charge is 0.388 e. The summed E-state index contributed by atoms with van der Waals surface area (Å²) >= 11 is 0. The molecular weight excluding hydrogens is 224 g/mol. The van der Waals surface area contributed by atoms with E-state index in [0.29, 0.717) is 0 Å². The molecule has 0 bridgehead atoms. The zero-order chi connectivity index (χ0) is 12.3. The summed E-state index contributed by atoms with van der Waals surface area (Å²) in [6.07, 6.45) is -0.992. The molecule has 0 saturated heterocycles. The fourth-order valence-electron chi connectivity index (χ4n) is 3.67. The van der Waals surface area contributed by atoms with Crippen molar-refractivity contribution in [3.8, 4) is 0 Å². The maximum Gasteiger partial charge on any atom is 0.0868 e. The highest BCUT2D eigenvalue weighted by molar-refractivity contribution is 5.52. The third-order valence-corrected chi connectivity index (χ3v) is 4.41. The number of hydrogen-bond donors (Lipinski definition) is 2. The Kier molecular flexibility index (Phi) is 1.97. The van der Waals surface area contributed by atoms with Crippen molar-refractivity contribution in [1.29, 1.82) is 0 Å². The predicted octanol–water partition coefficient (Wildman–Crippen LogP) is 2.65. The van der Waals surface area contributed by atoms with Crippen molar-refractivity contribution >= 4 is 0 Å². The van der Waals surface area contributed by atoms with E-state index in [0.717, 1.165) is 22.3 Å². The highest BCUT2D eigenvalue weighted by Gasteiger charge is 2.49. The van der Waals surface area contributed by atoms with Crippen LogP contribution in [0, 0.1) is 0 Å². The monoisotopic (exact) mass is 238 g/mol. The van der Waals surface area contributed by atoms with E-state index in [1.54, 1.807) is 0 Å². The first-order chi connectivity index (χ1) is 8.79. The zero-order valence-electron chi connectivity index (χ0n) is 9.82. The Bertz CT molecular complexity index is 564. The lowest BCUT2D eigenvalue weighted by Gasteiger charge is -2.16. The van der Waals surface area contributed by atoms with Crippen LogP contribution in [0.25, 0.3) is 0 Å². The van der Waals surface area contributed by atoms with E-state index >= 15 is 0 Å². The van der Waals surface area contributed by atoms with Crippen molar-refractivity contribution in [1.82, 2.24) is 0 Å². The van der Waals surface area contributed by atoms with Crippen LogP contribution in [0.15, 0.2) is 48.5 Å². The Morgan fingerprint density at radius 1 is 0.556 bits per heavy atom. The van der Waals surface area contributed by atoms with Crippen LogP contribution >= 0.6 is 0 Å². The van der Waals surface area contributed by atoms with Gasteiger partial charge >= 0.3 is 0 Å². The number of hydrogen-bond acceptors (Lipinski definition) is 2. The number of benzene rings is 2. The molecule has 2 heteroatoms. The highest BCUT2D eigenvalue weighted by atomic mass is 16.3. The Labute approximate surface area is 106 Å². The van der Waals surface area contributed by atoms with Gasteiger partial charge in [-0.15, -0.1) is 0 Å². The van der Waals surface area contributed by atoms with Gasteiger partial charge in [-0.3, -0.25) is 0 Å². The Morgan fingerprint density at radius 2 is 0.889 bits per heavy atom. The molecule has 2 aromatic rings. The van der Waals surface area contributed by atoms with Crippen molar-refractivity contribution in [3.05, 3.63) is 70.8 Å². The van der Waals surface area contributed by atoms with E-state index in [1.165, 1.54) is 0 Å². The summed E-state index contributed by atoms with van der Waals surface area (Å²) in [4.78, 5) is 0. The molecule has 0 heterocycles. The molecule has 0 aliphatic heterocycles. The average molecular weight is 238 g/mol. The van der Waals surface area contributed by atoms with Gasteiger partial charge in [0.15, 0.2) is 0 Å². The molecule has 0 amide bonds. The van der Waals surface area contributed by atoms with Gasteiger partial charge in [0.25, 0.3) is 0 Å². The summed E-state index contributed by atoms with van der Waals surface area (Å²) in [5, 5.41) is 21.0. The van der Waals surface area contributed by atoms with E-state index in [9.17, 15) is 10.2 Å². The lowest BCUT2D eigenvalue weighted by molar-refractivity contribution is 0.110. The number of aliphatic hydroxyl groups excluding tert-OH is 2. The highest BCUT2D eigenvalue weighted by Crippen LogP contribution is 2.61. The Morgan fingerprint density at radius 3 is 1.28 bits per heavy atom. The maximum absolute atomic E-state index is 10.5. The normalized spacial score (nSPS) is 31.9. The number of aliphatic hydroxyl groups is 2. The van der Waals surface area contributed by atoms with Crippen LogP contribution in [-0.2, 0) is 0 Å². The predicted molar refractivity (Wildman–Crippen MR) is 68.3 cm³/mol. The summed E-state index contributed by atoms with van der Waals surface area (Å²) in [6.45, 7) is 0. The van der Waals surface area contributed by atoms with Gasteiger partial charge < -0.3 is 10.2 Å². The van der Waals surface area contributed by atoms with Crippen LogP contribution in [0.5, 0.6) is 0 Å². The van der Waals surface area contributed by atoms with Gasteiger partial charge in [0.05, 0.1) is 12.2 Å². The fraction of sp³-hybridized carbons (Fsp3) is 0.250. The van der Waals surface area contributed by atoms with Crippen LogP contribution in [0.1, 0.15) is 46.3 Å². The molecule has 0 saturated carbocycles. The molecule has 90 valence electrons. The first-order valence-corrected chi connectivity index (χ1v) is 6.33. The first kappa shape index (κ1) is 10.3. The minimum atomic E-state index is -0.496. The molecule has 0 unspecified atom stereocenters. The summed E-state index contributed by atoms with van der Waals surface area (Å²) < 4.78 is 0. The quantitative estimate of drug-likeness (QED) is 0.740. The molecule has 2 N–H and O–H groups in total. The molecule has 4 atom stereocenters. The van der Waals surface area contributed by atoms with Gasteiger partial charge in [-0.1, -0.05) is 48.5 Å². The standard InChI is InChI=1S/C16H14O2/c17-15-11-7-3-1-5-9(11)13-14(15)10-6-2-4-8-12(10)16(13)18/h1-8,13-18H/t13-,14-,15-,16+/m0/s1. The Balaban J connectivity index is 1.95. The lowest BCUT2D eigenvalue weighted by Crippen LogP contribution is -2.07. The lowest BCUT2D eigenvalue weighted by atomic mass is 9.91. The molecule has 0 spiro atoms. The third-order valence-electron chi connectivity index (χ3n) is 4.41. The molecular formula is C16H14O2. The molecule has 0 radical (unpaired) electrons. The van der Waals surface area contributed by atoms with Gasteiger partial charge in [0, 0.05) is 11.8 Å². The van der Waals surface area contributed by atoms with E-state index in [2.05, 4.69) is 0 Å². The first-order valence-electron chi connectivity index (χ1n) is 6.33. The van der Waals surface area contributed by atoms with Crippen molar-refractivity contribution in [2.24, 2.45) is 0 Å². The van der Waals surface area contributed by atoms with Gasteiger partial charge in [0.1, 0.15) is 0 Å². The van der Waals surface area contributed by atoms with Crippen molar-refractivity contribution in [3.63, 3.8) is 0 Å². The van der Waals surface area contributed by atoms with Crippen LogP contribution in [0.4, 0.5) is 0 Å². The second kappa shape index (κ2) is 3.44. The molecule has 4 rings (SSSR count). The molecule has 2 nitrogen and oxygen atoms in total. The van der Waals surface area contributed by atoms with Gasteiger partial charge in [-0.05, 0) is 22.3 Å². The number of rotatable bonds is 0. The smallest absolute Gasteiger partial charge is 0.0868 e. The molecule has 2 aliphatic rings. The molecule has 2 aliphatic carbocycles. The summed E-state index contributed by atoms with van der Waals surface area (Å²) in [5.41, 5.74) is 4.14. The van der Waals surface area contributed by atoms with Gasteiger partial charge in [0.2, 0.25) is 0 Å². The third kappa shape index (κ3) is 1.10. The minimum absolute atomic E-state index is 0.00796. The number of fused-ring (bicyclic) bond motifs is 5. The van der Waals surface area contributed by atoms with E-state index in [1.807, 2.05) is 48.5 Å². The molecule has 0 fully saturated rings. The SMILES string of the molecule is O[C@@H]1c2ccccc2[C@H]2[C@@H]1c1ccccc1[C@@H]2O. The fourth-order valence-corrected chi connectivity index (χ4v) is 3.67. The molecule has 0 aromatic heterocycles. The minimum Gasteiger partial charge on any atom is -0.388 e. The van der Waals surface area contributed by atoms with Crippen molar-refractivity contribution < 1.29 is 10.2 Å². The van der Waals surface area contributed by atoms with Crippen molar-refractivity contribution in [2.75, 3.05) is 0 Å². The second-order valence-corrected chi connectivity index (χ2v) is 5.20. The van der Waals surface area contributed by atoms with E-state index in [-0.39, 0.29) is 11.8 Å². The summed E-state index contributed by atoms with van der Waals surface area (Å²) in [7, 11) is 0. The van der Waals surface area contributed by atoms with Crippen LogP contribution in [-0.4, -0.2) is 10.2 Å². The van der Waals surface area contributed by atoms with Gasteiger partial charge in [-0.2, -0.15) is 0 Å².